The van der Waals surface area contributed by atoms with Crippen molar-refractivity contribution >= 4 is 23.2 Å². The standard InChI is InChI=1S/C14H21N3O3S/c15-12(9-13(18)19)14(20)17-5-2-4-16(6-7-17)10-11-3-1-8-21-11/h1,3,8,12H,2,4-7,9-10,15H2,(H,18,19). The molecule has 0 aliphatic carbocycles. The van der Waals surface area contributed by atoms with Crippen LogP contribution in [0.4, 0.5) is 0 Å². The molecular weight excluding hydrogens is 290 g/mol. The number of nitrogens with two attached hydrogens (primary N) is 1. The fraction of sp³-hybridized carbons (Fsp3) is 0.571. The van der Waals surface area contributed by atoms with E-state index in [1.165, 1.54) is 4.88 Å². The number of nitrogens with zero attached hydrogens (tertiary/aromatic N) is 2. The Labute approximate surface area is 128 Å². The number of rotatable bonds is 5. The number of carboxylic acids is 1. The van der Waals surface area contributed by atoms with E-state index in [2.05, 4.69) is 16.3 Å². The Balaban J connectivity index is 1.85. The number of thiophene rings is 1. The second kappa shape index (κ2) is 7.53. The van der Waals surface area contributed by atoms with Crippen LogP contribution in [0.15, 0.2) is 17.5 Å². The molecule has 1 aliphatic rings. The summed E-state index contributed by atoms with van der Waals surface area (Å²) in [7, 11) is 0. The summed E-state index contributed by atoms with van der Waals surface area (Å²) in [6, 6.07) is 3.21. The molecule has 1 atom stereocenters. The highest BCUT2D eigenvalue weighted by Gasteiger charge is 2.25. The first-order valence-corrected chi connectivity index (χ1v) is 7.95. The average molecular weight is 311 g/mol. The number of carboxylic acid groups (broad SMARTS) is 1. The Morgan fingerprint density at radius 3 is 2.81 bits per heavy atom. The molecule has 0 aromatic carbocycles. The van der Waals surface area contributed by atoms with Gasteiger partial charge in [-0.1, -0.05) is 6.07 Å². The maximum absolute atomic E-state index is 12.1. The lowest BCUT2D eigenvalue weighted by Crippen LogP contribution is -2.46. The maximum Gasteiger partial charge on any atom is 0.305 e. The fourth-order valence-corrected chi connectivity index (χ4v) is 3.23. The van der Waals surface area contributed by atoms with Crippen molar-refractivity contribution < 1.29 is 14.7 Å². The van der Waals surface area contributed by atoms with Crippen LogP contribution in [0, 0.1) is 0 Å². The van der Waals surface area contributed by atoms with Crippen LogP contribution in [-0.4, -0.2) is 59.0 Å². The highest BCUT2D eigenvalue weighted by Crippen LogP contribution is 2.14. The highest BCUT2D eigenvalue weighted by molar-refractivity contribution is 7.09. The first-order valence-electron chi connectivity index (χ1n) is 7.07. The Morgan fingerprint density at radius 2 is 2.14 bits per heavy atom. The van der Waals surface area contributed by atoms with Crippen molar-refractivity contribution in [2.24, 2.45) is 5.73 Å². The number of carbonyl (C=O) groups excluding carboxylic acids is 1. The molecule has 7 heteroatoms. The van der Waals surface area contributed by atoms with Crippen LogP contribution >= 0.6 is 11.3 Å². The first kappa shape index (κ1) is 15.9. The predicted molar refractivity (Wildman–Crippen MR) is 81.0 cm³/mol. The van der Waals surface area contributed by atoms with E-state index in [1.54, 1.807) is 16.2 Å². The molecule has 1 aliphatic heterocycles. The van der Waals surface area contributed by atoms with Crippen molar-refractivity contribution in [2.45, 2.75) is 25.4 Å². The van der Waals surface area contributed by atoms with Crippen LogP contribution in [0.3, 0.4) is 0 Å². The van der Waals surface area contributed by atoms with Gasteiger partial charge in [0.05, 0.1) is 12.5 Å². The third-order valence-corrected chi connectivity index (χ3v) is 4.43. The number of hydrogen-bond acceptors (Lipinski definition) is 5. The van der Waals surface area contributed by atoms with Crippen LogP contribution < -0.4 is 5.73 Å². The van der Waals surface area contributed by atoms with Crippen molar-refractivity contribution in [3.8, 4) is 0 Å². The molecule has 1 amide bonds. The summed E-state index contributed by atoms with van der Waals surface area (Å²) in [4.78, 5) is 28.1. The van der Waals surface area contributed by atoms with E-state index in [0.29, 0.717) is 13.1 Å². The molecule has 2 heterocycles. The van der Waals surface area contributed by atoms with Crippen molar-refractivity contribution in [2.75, 3.05) is 26.2 Å². The van der Waals surface area contributed by atoms with Gasteiger partial charge in [-0.15, -0.1) is 11.3 Å². The summed E-state index contributed by atoms with van der Waals surface area (Å²) < 4.78 is 0. The molecule has 1 unspecified atom stereocenters. The molecule has 2 rings (SSSR count). The van der Waals surface area contributed by atoms with Gasteiger partial charge < -0.3 is 15.7 Å². The molecule has 116 valence electrons. The lowest BCUT2D eigenvalue weighted by Gasteiger charge is -2.24. The van der Waals surface area contributed by atoms with Crippen LogP contribution in [0.25, 0.3) is 0 Å². The van der Waals surface area contributed by atoms with E-state index in [0.717, 1.165) is 26.1 Å². The normalized spacial score (nSPS) is 18.2. The predicted octanol–water partition coefficient (Wildman–Crippen LogP) is 0.584. The molecule has 1 aromatic rings. The van der Waals surface area contributed by atoms with Gasteiger partial charge in [0, 0.05) is 37.6 Å². The zero-order valence-corrected chi connectivity index (χ0v) is 12.7. The average Bonchev–Trinajstić information content (AvgIpc) is 2.82. The van der Waals surface area contributed by atoms with Gasteiger partial charge in [-0.2, -0.15) is 0 Å². The molecule has 21 heavy (non-hydrogen) atoms. The minimum Gasteiger partial charge on any atom is -0.481 e. The molecule has 0 saturated carbocycles. The largest absolute Gasteiger partial charge is 0.481 e. The molecule has 1 saturated heterocycles. The van der Waals surface area contributed by atoms with Crippen LogP contribution in [-0.2, 0) is 16.1 Å². The van der Waals surface area contributed by atoms with E-state index in [4.69, 9.17) is 10.8 Å². The molecule has 1 aromatic heterocycles. The summed E-state index contributed by atoms with van der Waals surface area (Å²) in [6.45, 7) is 3.89. The van der Waals surface area contributed by atoms with Crippen LogP contribution in [0.1, 0.15) is 17.7 Å². The lowest BCUT2D eigenvalue weighted by atomic mass is 10.2. The third kappa shape index (κ3) is 4.80. The van der Waals surface area contributed by atoms with Crippen LogP contribution in [0.5, 0.6) is 0 Å². The number of amides is 1. The Morgan fingerprint density at radius 1 is 1.33 bits per heavy atom. The van der Waals surface area contributed by atoms with E-state index in [-0.39, 0.29) is 12.3 Å². The van der Waals surface area contributed by atoms with E-state index < -0.39 is 12.0 Å². The zero-order chi connectivity index (χ0) is 15.2. The fourth-order valence-electron chi connectivity index (χ4n) is 2.48. The summed E-state index contributed by atoms with van der Waals surface area (Å²) >= 11 is 1.73. The van der Waals surface area contributed by atoms with E-state index in [9.17, 15) is 9.59 Å². The molecule has 3 N–H and O–H groups in total. The molecule has 0 radical (unpaired) electrons. The quantitative estimate of drug-likeness (QED) is 0.831. The van der Waals surface area contributed by atoms with Gasteiger partial charge in [0.2, 0.25) is 5.91 Å². The van der Waals surface area contributed by atoms with Gasteiger partial charge in [0.25, 0.3) is 0 Å². The van der Waals surface area contributed by atoms with Crippen LogP contribution in [0.2, 0.25) is 0 Å². The molecule has 0 spiro atoms. The van der Waals surface area contributed by atoms with Crippen molar-refractivity contribution in [1.82, 2.24) is 9.80 Å². The lowest BCUT2D eigenvalue weighted by molar-refractivity contribution is -0.141. The van der Waals surface area contributed by atoms with E-state index in [1.807, 2.05) is 6.07 Å². The van der Waals surface area contributed by atoms with Gasteiger partial charge in [-0.3, -0.25) is 14.5 Å². The van der Waals surface area contributed by atoms with Crippen molar-refractivity contribution in [3.05, 3.63) is 22.4 Å². The maximum atomic E-state index is 12.1. The molecular formula is C14H21N3O3S. The van der Waals surface area contributed by atoms with Gasteiger partial charge in [-0.25, -0.2) is 0 Å². The smallest absolute Gasteiger partial charge is 0.305 e. The minimum absolute atomic E-state index is 0.254. The van der Waals surface area contributed by atoms with Gasteiger partial charge >= 0.3 is 5.97 Å². The number of hydrogen-bond donors (Lipinski definition) is 2. The molecule has 0 bridgehead atoms. The second-order valence-electron chi connectivity index (χ2n) is 5.24. The topological polar surface area (TPSA) is 86.9 Å². The van der Waals surface area contributed by atoms with E-state index >= 15 is 0 Å². The van der Waals surface area contributed by atoms with Gasteiger partial charge in [-0.05, 0) is 17.9 Å². The molecule has 6 nitrogen and oxygen atoms in total. The first-order chi connectivity index (χ1) is 10.1. The van der Waals surface area contributed by atoms with Crippen molar-refractivity contribution in [3.63, 3.8) is 0 Å². The Bertz CT molecular complexity index is 478. The highest BCUT2D eigenvalue weighted by atomic mass is 32.1. The Kier molecular flexibility index (Phi) is 5.72. The number of carbonyl (C=O) groups is 2. The summed E-state index contributed by atoms with van der Waals surface area (Å²) in [6.07, 6.45) is 0.575. The summed E-state index contributed by atoms with van der Waals surface area (Å²) in [5.74, 6) is -1.29. The monoisotopic (exact) mass is 311 g/mol. The minimum atomic E-state index is -1.04. The third-order valence-electron chi connectivity index (χ3n) is 3.57. The molecule has 1 fully saturated rings. The summed E-state index contributed by atoms with van der Waals surface area (Å²) in [5.41, 5.74) is 5.66. The van der Waals surface area contributed by atoms with Gasteiger partial charge in [0.1, 0.15) is 0 Å². The summed E-state index contributed by atoms with van der Waals surface area (Å²) in [5, 5.41) is 10.8. The second-order valence-corrected chi connectivity index (χ2v) is 6.27. The van der Waals surface area contributed by atoms with Crippen molar-refractivity contribution in [1.29, 1.82) is 0 Å². The SMILES string of the molecule is NC(CC(=O)O)C(=O)N1CCCN(Cc2cccs2)CC1. The zero-order valence-electron chi connectivity index (χ0n) is 11.9. The van der Waals surface area contributed by atoms with Gasteiger partial charge in [0.15, 0.2) is 0 Å². The Hall–Kier alpha value is -1.44. The number of aliphatic carboxylic acids is 1.